The van der Waals surface area contributed by atoms with Crippen LogP contribution < -0.4 is 0 Å². The molecule has 2 aromatic heterocycles. The van der Waals surface area contributed by atoms with E-state index in [4.69, 9.17) is 0 Å². The van der Waals surface area contributed by atoms with E-state index in [0.29, 0.717) is 11.3 Å². The number of benzene rings is 1. The molecular formula is C18H18N4O2. The predicted octanol–water partition coefficient (Wildman–Crippen LogP) is 2.74. The first kappa shape index (κ1) is 15.7. The summed E-state index contributed by atoms with van der Waals surface area (Å²) in [6.07, 6.45) is 4.33. The SMILES string of the molecule is C=CC(=O)N1CCC1.Oc1ccccc1-c1cc2cc[nH]c2nn1. The van der Waals surface area contributed by atoms with Crippen LogP contribution in [0.3, 0.4) is 0 Å². The van der Waals surface area contributed by atoms with Crippen LogP contribution in [0.5, 0.6) is 5.75 Å². The molecule has 0 bridgehead atoms. The van der Waals surface area contributed by atoms with E-state index in [9.17, 15) is 9.90 Å². The number of likely N-dealkylation sites (tertiary alicyclic amines) is 1. The molecule has 1 aromatic carbocycles. The maximum absolute atomic E-state index is 10.6. The third-order valence-electron chi connectivity index (χ3n) is 3.83. The number of hydrogen-bond acceptors (Lipinski definition) is 4. The number of rotatable bonds is 2. The summed E-state index contributed by atoms with van der Waals surface area (Å²) in [5.41, 5.74) is 2.11. The number of para-hydroxylation sites is 1. The Bertz CT molecular complexity index is 868. The highest BCUT2D eigenvalue weighted by Crippen LogP contribution is 2.27. The third kappa shape index (κ3) is 3.27. The molecule has 3 aromatic rings. The van der Waals surface area contributed by atoms with Crippen LogP contribution in [0.4, 0.5) is 0 Å². The highest BCUT2D eigenvalue weighted by atomic mass is 16.3. The second kappa shape index (κ2) is 6.95. The third-order valence-corrected chi connectivity index (χ3v) is 3.83. The van der Waals surface area contributed by atoms with Gasteiger partial charge in [-0.25, -0.2) is 0 Å². The quantitative estimate of drug-likeness (QED) is 0.711. The van der Waals surface area contributed by atoms with Gasteiger partial charge in [-0.05, 0) is 36.8 Å². The van der Waals surface area contributed by atoms with Crippen molar-refractivity contribution < 1.29 is 9.90 Å². The van der Waals surface area contributed by atoms with Gasteiger partial charge in [0.15, 0.2) is 5.65 Å². The molecule has 4 rings (SSSR count). The van der Waals surface area contributed by atoms with Gasteiger partial charge in [0.1, 0.15) is 5.75 Å². The topological polar surface area (TPSA) is 82.1 Å². The molecule has 2 N–H and O–H groups in total. The summed E-state index contributed by atoms with van der Waals surface area (Å²) in [5, 5.41) is 18.8. The molecule has 1 fully saturated rings. The molecular weight excluding hydrogens is 304 g/mol. The van der Waals surface area contributed by atoms with Crippen LogP contribution >= 0.6 is 0 Å². The van der Waals surface area contributed by atoms with E-state index < -0.39 is 0 Å². The second-order valence-electron chi connectivity index (χ2n) is 5.41. The summed E-state index contributed by atoms with van der Waals surface area (Å²) in [7, 11) is 0. The van der Waals surface area contributed by atoms with E-state index in [0.717, 1.165) is 30.5 Å². The number of carbonyl (C=O) groups is 1. The lowest BCUT2D eigenvalue weighted by molar-refractivity contribution is -0.129. The Morgan fingerprint density at radius 1 is 1.25 bits per heavy atom. The molecule has 0 aliphatic carbocycles. The van der Waals surface area contributed by atoms with Crippen LogP contribution in [-0.4, -0.2) is 44.2 Å². The zero-order valence-electron chi connectivity index (χ0n) is 13.1. The van der Waals surface area contributed by atoms with Crippen molar-refractivity contribution in [1.82, 2.24) is 20.1 Å². The summed E-state index contributed by atoms with van der Waals surface area (Å²) in [6, 6.07) is 10.9. The lowest BCUT2D eigenvalue weighted by Crippen LogP contribution is -2.40. The minimum Gasteiger partial charge on any atom is -0.507 e. The summed E-state index contributed by atoms with van der Waals surface area (Å²) >= 11 is 0. The van der Waals surface area contributed by atoms with Gasteiger partial charge in [0.2, 0.25) is 5.91 Å². The molecule has 0 atom stereocenters. The van der Waals surface area contributed by atoms with Crippen molar-refractivity contribution in [3.63, 3.8) is 0 Å². The number of nitrogens with one attached hydrogen (secondary N) is 1. The normalized spacial score (nSPS) is 12.9. The molecule has 1 aliphatic heterocycles. The molecule has 3 heterocycles. The van der Waals surface area contributed by atoms with E-state index in [2.05, 4.69) is 21.8 Å². The maximum Gasteiger partial charge on any atom is 0.245 e. The fraction of sp³-hybridized carbons (Fsp3) is 0.167. The lowest BCUT2D eigenvalue weighted by atomic mass is 10.1. The highest BCUT2D eigenvalue weighted by Gasteiger charge is 2.16. The Hall–Kier alpha value is -3.15. The van der Waals surface area contributed by atoms with Crippen LogP contribution in [0.25, 0.3) is 22.3 Å². The van der Waals surface area contributed by atoms with Crippen LogP contribution in [-0.2, 0) is 4.79 Å². The van der Waals surface area contributed by atoms with Gasteiger partial charge in [0.25, 0.3) is 0 Å². The molecule has 24 heavy (non-hydrogen) atoms. The molecule has 122 valence electrons. The number of aromatic amines is 1. The van der Waals surface area contributed by atoms with Crippen molar-refractivity contribution in [3.8, 4) is 17.0 Å². The molecule has 0 unspecified atom stereocenters. The number of phenols is 1. The summed E-state index contributed by atoms with van der Waals surface area (Å²) < 4.78 is 0. The molecule has 1 aliphatic rings. The molecule has 0 saturated carbocycles. The van der Waals surface area contributed by atoms with E-state index >= 15 is 0 Å². The van der Waals surface area contributed by atoms with Crippen molar-refractivity contribution in [2.24, 2.45) is 0 Å². The van der Waals surface area contributed by atoms with E-state index in [1.807, 2.05) is 30.5 Å². The Kier molecular flexibility index (Phi) is 4.56. The summed E-state index contributed by atoms with van der Waals surface area (Å²) in [6.45, 7) is 5.22. The van der Waals surface area contributed by atoms with Gasteiger partial charge in [0, 0.05) is 30.2 Å². The van der Waals surface area contributed by atoms with Gasteiger partial charge >= 0.3 is 0 Å². The fourth-order valence-electron chi connectivity index (χ4n) is 2.34. The van der Waals surface area contributed by atoms with Crippen molar-refractivity contribution in [3.05, 3.63) is 55.3 Å². The average molecular weight is 322 g/mol. The number of nitrogens with zero attached hydrogens (tertiary/aromatic N) is 3. The maximum atomic E-state index is 10.6. The van der Waals surface area contributed by atoms with Crippen LogP contribution in [0.2, 0.25) is 0 Å². The minimum atomic E-state index is 0.0660. The number of hydrogen-bond donors (Lipinski definition) is 2. The highest BCUT2D eigenvalue weighted by molar-refractivity contribution is 5.87. The number of amides is 1. The van der Waals surface area contributed by atoms with E-state index in [-0.39, 0.29) is 11.7 Å². The second-order valence-corrected chi connectivity index (χ2v) is 5.41. The van der Waals surface area contributed by atoms with Gasteiger partial charge in [-0.3, -0.25) is 4.79 Å². The van der Waals surface area contributed by atoms with Crippen molar-refractivity contribution in [2.75, 3.05) is 13.1 Å². The van der Waals surface area contributed by atoms with Gasteiger partial charge in [0.05, 0.1) is 5.69 Å². The zero-order chi connectivity index (χ0) is 16.9. The minimum absolute atomic E-state index is 0.0660. The largest absolute Gasteiger partial charge is 0.507 e. The van der Waals surface area contributed by atoms with Gasteiger partial charge in [-0.2, -0.15) is 0 Å². The first-order chi connectivity index (χ1) is 11.7. The lowest BCUT2D eigenvalue weighted by Gasteiger charge is -2.29. The standard InChI is InChI=1S/C12H9N3O.C6H9NO/c16-11-4-2-1-3-9(11)10-7-8-5-6-13-12(8)15-14-10;1-2-6(8)7-4-3-5-7/h1-7,16H,(H,13,15);2H,1,3-5H2. The van der Waals surface area contributed by atoms with Crippen LogP contribution in [0, 0.1) is 0 Å². The van der Waals surface area contributed by atoms with Crippen molar-refractivity contribution >= 4 is 16.9 Å². The number of H-pyrrole nitrogens is 1. The Morgan fingerprint density at radius 3 is 2.67 bits per heavy atom. The molecule has 1 saturated heterocycles. The van der Waals surface area contributed by atoms with Gasteiger partial charge in [-0.15, -0.1) is 10.2 Å². The van der Waals surface area contributed by atoms with Crippen molar-refractivity contribution in [2.45, 2.75) is 6.42 Å². The molecule has 6 heteroatoms. The van der Waals surface area contributed by atoms with E-state index in [1.54, 1.807) is 17.0 Å². The zero-order valence-corrected chi connectivity index (χ0v) is 13.1. The molecule has 0 spiro atoms. The Labute approximate surface area is 139 Å². The molecule has 6 nitrogen and oxygen atoms in total. The van der Waals surface area contributed by atoms with Gasteiger partial charge < -0.3 is 15.0 Å². The van der Waals surface area contributed by atoms with Crippen LogP contribution in [0.1, 0.15) is 6.42 Å². The first-order valence-electron chi connectivity index (χ1n) is 7.69. The summed E-state index contributed by atoms with van der Waals surface area (Å²) in [4.78, 5) is 15.3. The molecule has 1 amide bonds. The first-order valence-corrected chi connectivity index (χ1v) is 7.69. The monoisotopic (exact) mass is 322 g/mol. The van der Waals surface area contributed by atoms with E-state index in [1.165, 1.54) is 6.08 Å². The predicted molar refractivity (Wildman–Crippen MR) is 92.4 cm³/mol. The number of fused-ring (bicyclic) bond motifs is 1. The summed E-state index contributed by atoms with van der Waals surface area (Å²) in [5.74, 6) is 0.280. The Morgan fingerprint density at radius 2 is 2.04 bits per heavy atom. The average Bonchev–Trinajstić information content (AvgIpc) is 3.01. The molecule has 0 radical (unpaired) electrons. The van der Waals surface area contributed by atoms with Crippen LogP contribution in [0.15, 0.2) is 55.3 Å². The number of aromatic hydroxyl groups is 1. The number of aromatic nitrogens is 3. The Balaban J connectivity index is 0.000000179. The van der Waals surface area contributed by atoms with Gasteiger partial charge in [-0.1, -0.05) is 18.7 Å². The smallest absolute Gasteiger partial charge is 0.245 e. The van der Waals surface area contributed by atoms with Crippen molar-refractivity contribution in [1.29, 1.82) is 0 Å². The number of phenolic OH excluding ortho intramolecular Hbond substituents is 1. The fourth-order valence-corrected chi connectivity index (χ4v) is 2.34. The number of carbonyl (C=O) groups excluding carboxylic acids is 1.